The minimum atomic E-state index is -0.118. The van der Waals surface area contributed by atoms with Crippen molar-refractivity contribution in [3.05, 3.63) is 29.3 Å². The van der Waals surface area contributed by atoms with Crippen LogP contribution in [0.4, 0.5) is 0 Å². The number of ether oxygens (including phenoxy) is 3. The zero-order chi connectivity index (χ0) is 13.7. The van der Waals surface area contributed by atoms with Gasteiger partial charge in [0.25, 0.3) is 0 Å². The third kappa shape index (κ3) is 2.83. The Labute approximate surface area is 107 Å². The van der Waals surface area contributed by atoms with Crippen LogP contribution in [-0.4, -0.2) is 27.1 Å². The van der Waals surface area contributed by atoms with Crippen LogP contribution in [0.25, 0.3) is 0 Å². The van der Waals surface area contributed by atoms with Crippen molar-refractivity contribution in [2.75, 3.05) is 21.3 Å². The number of ketones is 1. The molecule has 0 fully saturated rings. The van der Waals surface area contributed by atoms with Crippen LogP contribution in [0.3, 0.4) is 0 Å². The van der Waals surface area contributed by atoms with E-state index in [0.717, 1.165) is 5.57 Å². The summed E-state index contributed by atoms with van der Waals surface area (Å²) in [6, 6.07) is 3.36. The average Bonchev–Trinajstić information content (AvgIpc) is 2.35. The van der Waals surface area contributed by atoms with Crippen molar-refractivity contribution in [3.63, 3.8) is 0 Å². The van der Waals surface area contributed by atoms with Crippen LogP contribution in [0, 0.1) is 0 Å². The van der Waals surface area contributed by atoms with Gasteiger partial charge in [-0.05, 0) is 32.1 Å². The standard InChI is InChI=1S/C14H18O4/c1-9(2)8-11(15)10-6-7-12(16-3)14(18-5)13(10)17-4/h6-8H,1-5H3. The Kier molecular flexibility index (Phi) is 4.77. The zero-order valence-electron chi connectivity index (χ0n) is 11.4. The highest BCUT2D eigenvalue weighted by molar-refractivity contribution is 6.07. The lowest BCUT2D eigenvalue weighted by Gasteiger charge is -2.14. The van der Waals surface area contributed by atoms with Crippen molar-refractivity contribution in [2.45, 2.75) is 13.8 Å². The number of benzene rings is 1. The topological polar surface area (TPSA) is 44.8 Å². The Morgan fingerprint density at radius 2 is 1.61 bits per heavy atom. The summed E-state index contributed by atoms with van der Waals surface area (Å²) in [5.41, 5.74) is 1.38. The molecule has 1 rings (SSSR count). The third-order valence-corrected chi connectivity index (χ3v) is 2.39. The van der Waals surface area contributed by atoms with Gasteiger partial charge in [0, 0.05) is 0 Å². The van der Waals surface area contributed by atoms with Gasteiger partial charge in [0.05, 0.1) is 26.9 Å². The lowest BCUT2D eigenvalue weighted by molar-refractivity contribution is 0.104. The first-order valence-electron chi connectivity index (χ1n) is 5.53. The van der Waals surface area contributed by atoms with Gasteiger partial charge < -0.3 is 14.2 Å². The summed E-state index contributed by atoms with van der Waals surface area (Å²) < 4.78 is 15.7. The lowest BCUT2D eigenvalue weighted by atomic mass is 10.1. The van der Waals surface area contributed by atoms with Crippen LogP contribution in [0.2, 0.25) is 0 Å². The summed E-state index contributed by atoms with van der Waals surface area (Å²) in [4.78, 5) is 12.0. The monoisotopic (exact) mass is 250 g/mol. The van der Waals surface area contributed by atoms with Gasteiger partial charge in [0.2, 0.25) is 5.75 Å². The first kappa shape index (κ1) is 14.1. The number of carbonyl (C=O) groups is 1. The molecule has 0 aliphatic heterocycles. The summed E-state index contributed by atoms with van der Waals surface area (Å²) in [6.45, 7) is 3.73. The molecule has 1 aromatic carbocycles. The van der Waals surface area contributed by atoms with Crippen molar-refractivity contribution in [1.29, 1.82) is 0 Å². The fraction of sp³-hybridized carbons (Fsp3) is 0.357. The molecule has 0 aliphatic rings. The smallest absolute Gasteiger partial charge is 0.204 e. The summed E-state index contributed by atoms with van der Waals surface area (Å²) in [5, 5.41) is 0. The number of hydrogen-bond acceptors (Lipinski definition) is 4. The Hall–Kier alpha value is -1.97. The van der Waals surface area contributed by atoms with E-state index < -0.39 is 0 Å². The molecule has 0 spiro atoms. The zero-order valence-corrected chi connectivity index (χ0v) is 11.4. The van der Waals surface area contributed by atoms with Crippen LogP contribution < -0.4 is 14.2 Å². The van der Waals surface area contributed by atoms with Crippen LogP contribution in [0.15, 0.2) is 23.8 Å². The van der Waals surface area contributed by atoms with E-state index in [9.17, 15) is 4.79 Å². The van der Waals surface area contributed by atoms with Gasteiger partial charge in [0.15, 0.2) is 17.3 Å². The van der Waals surface area contributed by atoms with Gasteiger partial charge in [-0.1, -0.05) is 5.57 Å². The maximum absolute atomic E-state index is 12.0. The molecular formula is C14H18O4. The van der Waals surface area contributed by atoms with E-state index in [4.69, 9.17) is 14.2 Å². The molecule has 98 valence electrons. The predicted molar refractivity (Wildman–Crippen MR) is 69.9 cm³/mol. The largest absolute Gasteiger partial charge is 0.493 e. The highest BCUT2D eigenvalue weighted by atomic mass is 16.5. The molecule has 1 aromatic rings. The molecular weight excluding hydrogens is 232 g/mol. The van der Waals surface area contributed by atoms with E-state index >= 15 is 0 Å². The fourth-order valence-electron chi connectivity index (χ4n) is 1.64. The second-order valence-corrected chi connectivity index (χ2v) is 3.97. The molecule has 0 saturated heterocycles. The van der Waals surface area contributed by atoms with E-state index in [1.165, 1.54) is 21.3 Å². The third-order valence-electron chi connectivity index (χ3n) is 2.39. The summed E-state index contributed by atoms with van der Waals surface area (Å²) in [5.74, 6) is 1.23. The molecule has 0 heterocycles. The van der Waals surface area contributed by atoms with Crippen molar-refractivity contribution < 1.29 is 19.0 Å². The number of allylic oxidation sites excluding steroid dienone is 2. The number of carbonyl (C=O) groups excluding carboxylic acids is 1. The summed E-state index contributed by atoms with van der Waals surface area (Å²) in [6.07, 6.45) is 1.56. The molecule has 0 amide bonds. The Balaban J connectivity index is 3.38. The number of hydrogen-bond donors (Lipinski definition) is 0. The van der Waals surface area contributed by atoms with Crippen molar-refractivity contribution >= 4 is 5.78 Å². The van der Waals surface area contributed by atoms with Crippen molar-refractivity contribution in [2.24, 2.45) is 0 Å². The van der Waals surface area contributed by atoms with E-state index in [1.54, 1.807) is 18.2 Å². The SMILES string of the molecule is COc1ccc(C(=O)C=C(C)C)c(OC)c1OC. The van der Waals surface area contributed by atoms with Gasteiger partial charge in [-0.2, -0.15) is 0 Å². The second-order valence-electron chi connectivity index (χ2n) is 3.97. The Morgan fingerprint density at radius 1 is 1.00 bits per heavy atom. The Bertz CT molecular complexity index is 471. The van der Waals surface area contributed by atoms with Crippen molar-refractivity contribution in [3.8, 4) is 17.2 Å². The van der Waals surface area contributed by atoms with E-state index in [-0.39, 0.29) is 5.78 Å². The van der Waals surface area contributed by atoms with Crippen LogP contribution >= 0.6 is 0 Å². The van der Waals surface area contributed by atoms with Crippen LogP contribution in [0.1, 0.15) is 24.2 Å². The molecule has 18 heavy (non-hydrogen) atoms. The first-order chi connectivity index (χ1) is 8.54. The quantitative estimate of drug-likeness (QED) is 0.595. The second kappa shape index (κ2) is 6.10. The van der Waals surface area contributed by atoms with E-state index in [2.05, 4.69) is 0 Å². The fourth-order valence-corrected chi connectivity index (χ4v) is 1.64. The molecule has 0 saturated carbocycles. The maximum atomic E-state index is 12.0. The maximum Gasteiger partial charge on any atom is 0.204 e. The highest BCUT2D eigenvalue weighted by Crippen LogP contribution is 2.39. The van der Waals surface area contributed by atoms with Gasteiger partial charge >= 0.3 is 0 Å². The lowest BCUT2D eigenvalue weighted by Crippen LogP contribution is -2.03. The predicted octanol–water partition coefficient (Wildman–Crippen LogP) is 2.86. The average molecular weight is 250 g/mol. The van der Waals surface area contributed by atoms with Gasteiger partial charge in [-0.3, -0.25) is 4.79 Å². The molecule has 4 heteroatoms. The molecule has 0 unspecified atom stereocenters. The van der Waals surface area contributed by atoms with Gasteiger partial charge in [-0.25, -0.2) is 0 Å². The van der Waals surface area contributed by atoms with E-state index in [0.29, 0.717) is 22.8 Å². The van der Waals surface area contributed by atoms with Gasteiger partial charge in [0.1, 0.15) is 0 Å². The molecule has 0 aliphatic carbocycles. The van der Waals surface area contributed by atoms with E-state index in [1.807, 2.05) is 13.8 Å². The van der Waals surface area contributed by atoms with Gasteiger partial charge in [-0.15, -0.1) is 0 Å². The highest BCUT2D eigenvalue weighted by Gasteiger charge is 2.19. The first-order valence-corrected chi connectivity index (χ1v) is 5.53. The molecule has 4 nitrogen and oxygen atoms in total. The molecule has 0 N–H and O–H groups in total. The summed E-state index contributed by atoms with van der Waals surface area (Å²) >= 11 is 0. The molecule has 0 radical (unpaired) electrons. The molecule has 0 bridgehead atoms. The molecule has 0 atom stereocenters. The van der Waals surface area contributed by atoms with Crippen molar-refractivity contribution in [1.82, 2.24) is 0 Å². The Morgan fingerprint density at radius 3 is 2.06 bits per heavy atom. The minimum absolute atomic E-state index is 0.118. The number of rotatable bonds is 5. The molecule has 0 aromatic heterocycles. The van der Waals surface area contributed by atoms with Crippen LogP contribution in [0.5, 0.6) is 17.2 Å². The summed E-state index contributed by atoms with van der Waals surface area (Å²) in [7, 11) is 4.54. The normalized spacial score (nSPS) is 9.61. The number of methoxy groups -OCH3 is 3. The van der Waals surface area contributed by atoms with Crippen LogP contribution in [-0.2, 0) is 0 Å². The minimum Gasteiger partial charge on any atom is -0.493 e.